The molecule has 0 unspecified atom stereocenters. The van der Waals surface area contributed by atoms with Crippen LogP contribution in [0, 0.1) is 0 Å². The fraction of sp³-hybridized carbons (Fsp3) is 0.190. The summed E-state index contributed by atoms with van der Waals surface area (Å²) in [6, 6.07) is 11.2. The topological polar surface area (TPSA) is 111 Å². The molecule has 152 valence electrons. The lowest BCUT2D eigenvalue weighted by molar-refractivity contribution is -0.139. The van der Waals surface area contributed by atoms with Crippen molar-refractivity contribution in [3.63, 3.8) is 0 Å². The van der Waals surface area contributed by atoms with Crippen LogP contribution in [0.2, 0.25) is 0 Å². The molecule has 2 rings (SSSR count). The normalized spacial score (nSPS) is 10.5. The minimum absolute atomic E-state index is 0.0134. The molecule has 0 heterocycles. The number of rotatable bonds is 11. The number of aliphatic carboxylic acids is 1. The van der Waals surface area contributed by atoms with Crippen LogP contribution in [0.25, 0.3) is 6.08 Å². The summed E-state index contributed by atoms with van der Waals surface area (Å²) in [5, 5.41) is 11.9. The molecule has 2 aromatic carbocycles. The van der Waals surface area contributed by atoms with Crippen LogP contribution in [0.3, 0.4) is 0 Å². The summed E-state index contributed by atoms with van der Waals surface area (Å²) >= 11 is 0. The number of carboxylic acids is 1. The Hall–Kier alpha value is -3.65. The first kappa shape index (κ1) is 21.6. The Balaban J connectivity index is 2.25. The molecule has 8 heteroatoms. The lowest BCUT2D eigenvalue weighted by Gasteiger charge is -2.13. The largest absolute Gasteiger partial charge is 0.492 e. The van der Waals surface area contributed by atoms with Crippen LogP contribution in [0.4, 0.5) is 0 Å². The van der Waals surface area contributed by atoms with Gasteiger partial charge in [0.05, 0.1) is 0 Å². The molecule has 2 aromatic rings. The molecule has 0 aromatic heterocycles. The van der Waals surface area contributed by atoms with E-state index in [1.54, 1.807) is 36.4 Å². The van der Waals surface area contributed by atoms with Gasteiger partial charge in [0, 0.05) is 18.2 Å². The third-order valence-corrected chi connectivity index (χ3v) is 3.60. The fourth-order valence-corrected chi connectivity index (χ4v) is 2.35. The Morgan fingerprint density at radius 3 is 2.59 bits per heavy atom. The first-order chi connectivity index (χ1) is 14.0. The number of likely N-dealkylation sites (N-methyl/N-ethyl adjacent to an activating group) is 1. The number of hydrogen-bond acceptors (Lipinski definition) is 7. The van der Waals surface area contributed by atoms with Crippen molar-refractivity contribution in [2.75, 3.05) is 26.8 Å². The quantitative estimate of drug-likeness (QED) is 0.194. The molecule has 0 saturated heterocycles. The Morgan fingerprint density at radius 1 is 1.10 bits per heavy atom. The van der Waals surface area contributed by atoms with Gasteiger partial charge < -0.3 is 24.6 Å². The highest BCUT2D eigenvalue weighted by atomic mass is 16.5. The molecule has 2 N–H and O–H groups in total. The van der Waals surface area contributed by atoms with Gasteiger partial charge in [0.15, 0.2) is 6.61 Å². The molecule has 0 aliphatic rings. The van der Waals surface area contributed by atoms with Crippen molar-refractivity contribution in [3.8, 4) is 17.2 Å². The second-order valence-electron chi connectivity index (χ2n) is 5.72. The van der Waals surface area contributed by atoms with Crippen LogP contribution >= 0.6 is 0 Å². The SMILES string of the molecule is CNCCOc1cccc(OC(=O)c2cccc(C=CC=O)c2OCC(=O)O)c1. The van der Waals surface area contributed by atoms with E-state index in [4.69, 9.17) is 19.3 Å². The van der Waals surface area contributed by atoms with E-state index in [-0.39, 0.29) is 17.1 Å². The predicted molar refractivity (Wildman–Crippen MR) is 105 cm³/mol. The molecule has 0 atom stereocenters. The van der Waals surface area contributed by atoms with Crippen LogP contribution in [-0.4, -0.2) is 50.1 Å². The summed E-state index contributed by atoms with van der Waals surface area (Å²) in [6.07, 6.45) is 3.19. The number of para-hydroxylation sites is 1. The lowest BCUT2D eigenvalue weighted by atomic mass is 10.1. The van der Waals surface area contributed by atoms with Gasteiger partial charge in [-0.2, -0.15) is 0 Å². The number of hydrogen-bond donors (Lipinski definition) is 2. The second kappa shape index (κ2) is 11.3. The first-order valence-corrected chi connectivity index (χ1v) is 8.74. The molecule has 0 aliphatic carbocycles. The van der Waals surface area contributed by atoms with E-state index in [2.05, 4.69) is 5.32 Å². The van der Waals surface area contributed by atoms with Gasteiger partial charge in [-0.05, 0) is 37.4 Å². The summed E-state index contributed by atoms with van der Waals surface area (Å²) in [6.45, 7) is 0.461. The molecular weight excluding hydrogens is 378 g/mol. The Labute approximate surface area is 167 Å². The van der Waals surface area contributed by atoms with Crippen LogP contribution < -0.4 is 19.5 Å². The van der Waals surface area contributed by atoms with E-state index >= 15 is 0 Å². The zero-order valence-electron chi connectivity index (χ0n) is 15.8. The van der Waals surface area contributed by atoms with Crippen molar-refractivity contribution in [1.82, 2.24) is 5.32 Å². The molecule has 0 spiro atoms. The molecule has 8 nitrogen and oxygen atoms in total. The summed E-state index contributed by atoms with van der Waals surface area (Å²) in [7, 11) is 1.81. The maximum absolute atomic E-state index is 12.7. The molecule has 0 amide bonds. The molecule has 0 radical (unpaired) electrons. The summed E-state index contributed by atoms with van der Waals surface area (Å²) in [5.74, 6) is -1.13. The predicted octanol–water partition coefficient (Wildman–Crippen LogP) is 2.18. The summed E-state index contributed by atoms with van der Waals surface area (Å²) < 4.78 is 16.2. The van der Waals surface area contributed by atoms with Gasteiger partial charge in [0.25, 0.3) is 0 Å². The van der Waals surface area contributed by atoms with Crippen molar-refractivity contribution in [2.24, 2.45) is 0 Å². The Bertz CT molecular complexity index is 892. The van der Waals surface area contributed by atoms with Crippen molar-refractivity contribution in [3.05, 3.63) is 59.7 Å². The average molecular weight is 399 g/mol. The zero-order valence-corrected chi connectivity index (χ0v) is 15.8. The molecule has 0 aliphatic heterocycles. The van der Waals surface area contributed by atoms with E-state index in [0.717, 1.165) is 0 Å². The van der Waals surface area contributed by atoms with E-state index in [0.29, 0.717) is 30.8 Å². The monoisotopic (exact) mass is 399 g/mol. The zero-order chi connectivity index (χ0) is 21.1. The third kappa shape index (κ3) is 6.78. The van der Waals surface area contributed by atoms with Crippen LogP contribution in [0.15, 0.2) is 48.5 Å². The second-order valence-corrected chi connectivity index (χ2v) is 5.72. The molecule has 0 saturated carbocycles. The molecule has 0 fully saturated rings. The number of aldehydes is 1. The highest BCUT2D eigenvalue weighted by Gasteiger charge is 2.18. The summed E-state index contributed by atoms with van der Waals surface area (Å²) in [4.78, 5) is 34.2. The van der Waals surface area contributed by atoms with E-state index in [1.165, 1.54) is 18.2 Å². The molecular formula is C21H21NO7. The summed E-state index contributed by atoms with van der Waals surface area (Å²) in [5.41, 5.74) is 0.401. The van der Waals surface area contributed by atoms with Crippen molar-refractivity contribution in [2.45, 2.75) is 0 Å². The minimum atomic E-state index is -1.20. The fourth-order valence-electron chi connectivity index (χ4n) is 2.35. The standard InChI is InChI=1S/C21H21NO7/c1-22-10-12-27-16-7-3-8-17(13-16)29-21(26)18-9-2-5-15(6-4-11-23)20(18)28-14-19(24)25/h2-9,11,13,22H,10,12,14H2,1H3,(H,24,25). The minimum Gasteiger partial charge on any atom is -0.492 e. The number of carbonyl (C=O) groups excluding carboxylic acids is 2. The van der Waals surface area contributed by atoms with E-state index in [9.17, 15) is 14.4 Å². The van der Waals surface area contributed by atoms with Gasteiger partial charge in [-0.15, -0.1) is 0 Å². The average Bonchev–Trinajstić information content (AvgIpc) is 2.71. The van der Waals surface area contributed by atoms with Crippen molar-refractivity contribution in [1.29, 1.82) is 0 Å². The van der Waals surface area contributed by atoms with Gasteiger partial charge in [-0.1, -0.05) is 18.2 Å². The van der Waals surface area contributed by atoms with Crippen LogP contribution in [0.1, 0.15) is 15.9 Å². The van der Waals surface area contributed by atoms with Crippen molar-refractivity contribution < 1.29 is 33.7 Å². The van der Waals surface area contributed by atoms with Crippen molar-refractivity contribution >= 4 is 24.3 Å². The Morgan fingerprint density at radius 2 is 1.86 bits per heavy atom. The van der Waals surface area contributed by atoms with Gasteiger partial charge in [0.1, 0.15) is 35.7 Å². The molecule has 29 heavy (non-hydrogen) atoms. The van der Waals surface area contributed by atoms with E-state index in [1.807, 2.05) is 7.05 Å². The van der Waals surface area contributed by atoms with Crippen LogP contribution in [0.5, 0.6) is 17.2 Å². The van der Waals surface area contributed by atoms with Gasteiger partial charge in [-0.25, -0.2) is 9.59 Å². The highest BCUT2D eigenvalue weighted by molar-refractivity contribution is 5.96. The third-order valence-electron chi connectivity index (χ3n) is 3.60. The number of benzene rings is 2. The number of carbonyl (C=O) groups is 3. The number of esters is 1. The maximum Gasteiger partial charge on any atom is 0.347 e. The smallest absolute Gasteiger partial charge is 0.347 e. The number of ether oxygens (including phenoxy) is 3. The van der Waals surface area contributed by atoms with Gasteiger partial charge >= 0.3 is 11.9 Å². The lowest BCUT2D eigenvalue weighted by Crippen LogP contribution is -2.16. The Kier molecular flexibility index (Phi) is 8.40. The number of allylic oxidation sites excluding steroid dienone is 1. The van der Waals surface area contributed by atoms with Gasteiger partial charge in [0.2, 0.25) is 0 Å². The molecule has 0 bridgehead atoms. The highest BCUT2D eigenvalue weighted by Crippen LogP contribution is 2.28. The van der Waals surface area contributed by atoms with Crippen LogP contribution in [-0.2, 0) is 9.59 Å². The maximum atomic E-state index is 12.7. The number of nitrogens with one attached hydrogen (secondary N) is 1. The van der Waals surface area contributed by atoms with Gasteiger partial charge in [-0.3, -0.25) is 4.79 Å². The van der Waals surface area contributed by atoms with E-state index < -0.39 is 18.5 Å². The number of carboxylic acid groups (broad SMARTS) is 1. The first-order valence-electron chi connectivity index (χ1n) is 8.74.